The Morgan fingerprint density at radius 1 is 1.40 bits per heavy atom. The third-order valence-corrected chi connectivity index (χ3v) is 2.80. The Hall–Kier alpha value is -0.780. The molecule has 0 bridgehead atoms. The van der Waals surface area contributed by atoms with Crippen molar-refractivity contribution in [3.05, 3.63) is 35.9 Å². The largest absolute Gasteiger partial charge is 0.453 e. The number of alkyl halides is 1. The van der Waals surface area contributed by atoms with Crippen molar-refractivity contribution >= 4 is 28.7 Å². The number of carbonyl (C=O) groups is 1. The molecule has 0 aromatic heterocycles. The number of rotatable bonds is 3. The van der Waals surface area contributed by atoms with Crippen LogP contribution in [-0.4, -0.2) is 17.1 Å². The maximum absolute atomic E-state index is 11.2. The molecule has 1 aromatic carbocycles. The van der Waals surface area contributed by atoms with E-state index in [1.165, 1.54) is 7.11 Å². The summed E-state index contributed by atoms with van der Waals surface area (Å²) in [5.74, 6) is 0. The molecule has 1 rings (SSSR count). The number of methoxy groups -OCH3 is 1. The average Bonchev–Trinajstić information content (AvgIpc) is 2.26. The van der Waals surface area contributed by atoms with Gasteiger partial charge in [-0.05, 0) is 5.56 Å². The van der Waals surface area contributed by atoms with Crippen molar-refractivity contribution in [3.8, 4) is 0 Å². The molecular weight excluding hydrogens is 305 g/mol. The first-order valence-electron chi connectivity index (χ1n) is 4.68. The zero-order valence-electron chi connectivity index (χ0n) is 8.74. The molecule has 0 heterocycles. The number of halogens is 1. The van der Waals surface area contributed by atoms with Crippen LogP contribution in [0, 0.1) is 0 Å². The Morgan fingerprint density at radius 3 is 2.47 bits per heavy atom. The Morgan fingerprint density at radius 2 is 2.00 bits per heavy atom. The van der Waals surface area contributed by atoms with Crippen molar-refractivity contribution in [1.82, 2.24) is 5.32 Å². The topological polar surface area (TPSA) is 38.3 Å². The summed E-state index contributed by atoms with van der Waals surface area (Å²) in [5, 5.41) is 2.81. The lowest BCUT2D eigenvalue weighted by molar-refractivity contribution is 0.166. The first-order valence-corrected chi connectivity index (χ1v) is 5.93. The smallest absolute Gasteiger partial charge is 0.407 e. The van der Waals surface area contributed by atoms with Gasteiger partial charge in [-0.25, -0.2) is 4.79 Å². The highest BCUT2D eigenvalue weighted by molar-refractivity contribution is 14.1. The van der Waals surface area contributed by atoms with Crippen LogP contribution in [0.15, 0.2) is 30.3 Å². The molecule has 0 saturated carbocycles. The van der Waals surface area contributed by atoms with Crippen LogP contribution in [0.5, 0.6) is 0 Å². The van der Waals surface area contributed by atoms with E-state index in [9.17, 15) is 4.79 Å². The van der Waals surface area contributed by atoms with Gasteiger partial charge in [0, 0.05) is 3.92 Å². The van der Waals surface area contributed by atoms with E-state index in [4.69, 9.17) is 0 Å². The molecule has 1 aromatic rings. The highest BCUT2D eigenvalue weighted by Gasteiger charge is 2.18. The molecule has 0 radical (unpaired) electrons. The van der Waals surface area contributed by atoms with Crippen molar-refractivity contribution < 1.29 is 9.53 Å². The fourth-order valence-electron chi connectivity index (χ4n) is 1.31. The van der Waals surface area contributed by atoms with Gasteiger partial charge in [0.2, 0.25) is 0 Å². The maximum Gasteiger partial charge on any atom is 0.407 e. The van der Waals surface area contributed by atoms with Gasteiger partial charge in [-0.3, -0.25) is 0 Å². The molecule has 1 N–H and O–H groups in total. The van der Waals surface area contributed by atoms with Crippen LogP contribution < -0.4 is 5.32 Å². The van der Waals surface area contributed by atoms with Crippen LogP contribution in [0.3, 0.4) is 0 Å². The number of hydrogen-bond acceptors (Lipinski definition) is 2. The second kappa shape index (κ2) is 5.95. The highest BCUT2D eigenvalue weighted by atomic mass is 127. The van der Waals surface area contributed by atoms with Gasteiger partial charge in [0.25, 0.3) is 0 Å². The van der Waals surface area contributed by atoms with Gasteiger partial charge in [0.15, 0.2) is 0 Å². The van der Waals surface area contributed by atoms with Crippen molar-refractivity contribution in [1.29, 1.82) is 0 Å². The maximum atomic E-state index is 11.2. The molecule has 0 aliphatic rings. The normalized spacial score (nSPS) is 14.1. The predicted molar refractivity (Wildman–Crippen MR) is 68.2 cm³/mol. The number of alkyl carbamates (subject to hydrolysis) is 1. The molecule has 4 heteroatoms. The van der Waals surface area contributed by atoms with E-state index in [-0.39, 0.29) is 6.04 Å². The molecule has 0 saturated heterocycles. The fraction of sp³-hybridized carbons (Fsp3) is 0.364. The molecule has 15 heavy (non-hydrogen) atoms. The summed E-state index contributed by atoms with van der Waals surface area (Å²) < 4.78 is 4.89. The molecule has 2 atom stereocenters. The third kappa shape index (κ3) is 3.70. The number of hydrogen-bond donors (Lipinski definition) is 1. The summed E-state index contributed by atoms with van der Waals surface area (Å²) in [7, 11) is 1.37. The van der Waals surface area contributed by atoms with Crippen LogP contribution in [0.25, 0.3) is 0 Å². The first kappa shape index (κ1) is 12.3. The van der Waals surface area contributed by atoms with E-state index in [0.29, 0.717) is 3.92 Å². The molecule has 82 valence electrons. The molecule has 1 amide bonds. The molecule has 0 fully saturated rings. The van der Waals surface area contributed by atoms with Crippen molar-refractivity contribution in [3.63, 3.8) is 0 Å². The van der Waals surface area contributed by atoms with E-state index in [0.717, 1.165) is 5.56 Å². The van der Waals surface area contributed by atoms with Crippen molar-refractivity contribution in [2.45, 2.75) is 16.9 Å². The van der Waals surface area contributed by atoms with Gasteiger partial charge in [0.05, 0.1) is 13.2 Å². The SMILES string of the molecule is COC(=O)N[C@H](c1ccccc1)[C@@H](C)I. The summed E-state index contributed by atoms with van der Waals surface area (Å²) in [5.41, 5.74) is 1.09. The zero-order chi connectivity index (χ0) is 11.3. The second-order valence-corrected chi connectivity index (χ2v) is 5.17. The summed E-state index contributed by atoms with van der Waals surface area (Å²) in [6, 6.07) is 9.85. The molecule has 3 nitrogen and oxygen atoms in total. The zero-order valence-corrected chi connectivity index (χ0v) is 10.9. The van der Waals surface area contributed by atoms with E-state index in [1.807, 2.05) is 37.3 Å². The summed E-state index contributed by atoms with van der Waals surface area (Å²) in [6.45, 7) is 2.05. The predicted octanol–water partition coefficient (Wildman–Crippen LogP) is 2.91. The number of amides is 1. The molecule has 0 aliphatic heterocycles. The van der Waals surface area contributed by atoms with Crippen LogP contribution in [0.1, 0.15) is 18.5 Å². The minimum Gasteiger partial charge on any atom is -0.453 e. The van der Waals surface area contributed by atoms with Crippen LogP contribution in [0.4, 0.5) is 4.79 Å². The minimum atomic E-state index is -0.396. The monoisotopic (exact) mass is 319 g/mol. The second-order valence-electron chi connectivity index (χ2n) is 3.20. The summed E-state index contributed by atoms with van der Waals surface area (Å²) >= 11 is 2.29. The first-order chi connectivity index (χ1) is 7.15. The lowest BCUT2D eigenvalue weighted by Crippen LogP contribution is -2.32. The third-order valence-electron chi connectivity index (χ3n) is 2.08. The average molecular weight is 319 g/mol. The summed E-state index contributed by atoms with van der Waals surface area (Å²) in [6.07, 6.45) is -0.396. The number of benzene rings is 1. The van der Waals surface area contributed by atoms with Gasteiger partial charge in [0.1, 0.15) is 0 Å². The van der Waals surface area contributed by atoms with E-state index in [1.54, 1.807) is 0 Å². The van der Waals surface area contributed by atoms with Gasteiger partial charge >= 0.3 is 6.09 Å². The van der Waals surface area contributed by atoms with Gasteiger partial charge < -0.3 is 10.1 Å². The highest BCUT2D eigenvalue weighted by Crippen LogP contribution is 2.22. The minimum absolute atomic E-state index is 0.0146. The van der Waals surface area contributed by atoms with Crippen molar-refractivity contribution in [2.75, 3.05) is 7.11 Å². The molecule has 0 unspecified atom stereocenters. The Labute approximate surface area is 103 Å². The van der Waals surface area contributed by atoms with E-state index < -0.39 is 6.09 Å². The number of nitrogens with one attached hydrogen (secondary N) is 1. The fourth-order valence-corrected chi connectivity index (χ4v) is 1.90. The quantitative estimate of drug-likeness (QED) is 0.687. The van der Waals surface area contributed by atoms with Crippen LogP contribution in [0.2, 0.25) is 0 Å². The Bertz CT molecular complexity index is 314. The molecule has 0 aliphatic carbocycles. The van der Waals surface area contributed by atoms with Crippen LogP contribution in [-0.2, 0) is 4.74 Å². The molecular formula is C11H14INO2. The number of ether oxygens (including phenoxy) is 1. The lowest BCUT2D eigenvalue weighted by Gasteiger charge is -2.20. The van der Waals surface area contributed by atoms with Crippen molar-refractivity contribution in [2.24, 2.45) is 0 Å². The van der Waals surface area contributed by atoms with Gasteiger partial charge in [-0.15, -0.1) is 0 Å². The summed E-state index contributed by atoms with van der Waals surface area (Å²) in [4.78, 5) is 11.2. The van der Waals surface area contributed by atoms with E-state index in [2.05, 4.69) is 32.6 Å². The van der Waals surface area contributed by atoms with Gasteiger partial charge in [-0.1, -0.05) is 59.8 Å². The lowest BCUT2D eigenvalue weighted by atomic mass is 10.1. The standard InChI is InChI=1S/C11H14INO2/c1-8(12)10(13-11(14)15-2)9-6-4-3-5-7-9/h3-8,10H,1-2H3,(H,13,14)/t8-,10+/m1/s1. The van der Waals surface area contributed by atoms with Gasteiger partial charge in [-0.2, -0.15) is 0 Å². The Kier molecular flexibility index (Phi) is 4.87. The van der Waals surface area contributed by atoms with E-state index >= 15 is 0 Å². The number of carbonyl (C=O) groups excluding carboxylic acids is 1. The molecule has 0 spiro atoms. The Balaban J connectivity index is 2.79. The van der Waals surface area contributed by atoms with Crippen LogP contribution >= 0.6 is 22.6 Å².